The van der Waals surface area contributed by atoms with E-state index in [-0.39, 0.29) is 5.91 Å². The molecule has 0 spiro atoms. The van der Waals surface area contributed by atoms with Crippen LogP contribution in [0.2, 0.25) is 0 Å². The fourth-order valence-electron chi connectivity index (χ4n) is 2.29. The Hall–Kier alpha value is -1.55. The fourth-order valence-corrected chi connectivity index (χ4v) is 2.29. The summed E-state index contributed by atoms with van der Waals surface area (Å²) in [4.78, 5) is 13.9. The highest BCUT2D eigenvalue weighted by atomic mass is 16.2. The summed E-state index contributed by atoms with van der Waals surface area (Å²) in [5.41, 5.74) is 2.43. The van der Waals surface area contributed by atoms with Crippen molar-refractivity contribution in [2.75, 3.05) is 24.5 Å². The Morgan fingerprint density at radius 3 is 2.95 bits per heavy atom. The van der Waals surface area contributed by atoms with Crippen molar-refractivity contribution in [3.05, 3.63) is 29.8 Å². The van der Waals surface area contributed by atoms with Crippen LogP contribution >= 0.6 is 0 Å². The van der Waals surface area contributed by atoms with E-state index < -0.39 is 0 Å². The summed E-state index contributed by atoms with van der Waals surface area (Å²) < 4.78 is 0. The summed E-state index contributed by atoms with van der Waals surface area (Å²) in [5.74, 6) is 0.115. The van der Waals surface area contributed by atoms with Crippen LogP contribution in [0.3, 0.4) is 0 Å². The zero-order chi connectivity index (χ0) is 13.7. The van der Waals surface area contributed by atoms with Crippen LogP contribution in [0.15, 0.2) is 24.3 Å². The van der Waals surface area contributed by atoms with Crippen LogP contribution in [0.5, 0.6) is 0 Å². The minimum atomic E-state index is 0.115. The van der Waals surface area contributed by atoms with Crippen molar-refractivity contribution >= 4 is 11.6 Å². The molecule has 1 saturated heterocycles. The van der Waals surface area contributed by atoms with Gasteiger partial charge in [-0.05, 0) is 18.1 Å². The van der Waals surface area contributed by atoms with Gasteiger partial charge in [0.2, 0.25) is 5.91 Å². The molecule has 1 aliphatic rings. The molecular formula is C15H23N3O. The van der Waals surface area contributed by atoms with E-state index in [9.17, 15) is 4.79 Å². The number of para-hydroxylation sites is 1. The lowest BCUT2D eigenvalue weighted by atomic mass is 10.1. The summed E-state index contributed by atoms with van der Waals surface area (Å²) in [5, 5.41) is 6.36. The molecule has 1 heterocycles. The zero-order valence-electron chi connectivity index (χ0n) is 11.8. The maximum atomic E-state index is 11.7. The van der Waals surface area contributed by atoms with E-state index in [1.807, 2.05) is 6.07 Å². The lowest BCUT2D eigenvalue weighted by molar-refractivity contribution is -0.119. The first-order valence-electron chi connectivity index (χ1n) is 7.00. The molecule has 1 aliphatic heterocycles. The Balaban J connectivity index is 2.15. The van der Waals surface area contributed by atoms with Gasteiger partial charge in [-0.2, -0.15) is 0 Å². The molecule has 1 fully saturated rings. The largest absolute Gasteiger partial charge is 0.362 e. The molecular weight excluding hydrogens is 238 g/mol. The molecule has 0 saturated carbocycles. The summed E-state index contributed by atoms with van der Waals surface area (Å²) in [7, 11) is 0. The van der Waals surface area contributed by atoms with E-state index in [0.29, 0.717) is 12.6 Å². The van der Waals surface area contributed by atoms with Crippen LogP contribution in [0, 0.1) is 0 Å². The van der Waals surface area contributed by atoms with E-state index in [2.05, 4.69) is 47.6 Å². The van der Waals surface area contributed by atoms with Crippen molar-refractivity contribution in [2.24, 2.45) is 0 Å². The Morgan fingerprint density at radius 1 is 1.37 bits per heavy atom. The van der Waals surface area contributed by atoms with Crippen molar-refractivity contribution in [3.63, 3.8) is 0 Å². The third-order valence-corrected chi connectivity index (χ3v) is 3.29. The highest BCUT2D eigenvalue weighted by molar-refractivity contribution is 5.82. The smallest absolute Gasteiger partial charge is 0.239 e. The number of anilines is 1. The third kappa shape index (κ3) is 3.96. The molecule has 0 unspecified atom stereocenters. The number of hydrogen-bond acceptors (Lipinski definition) is 3. The average Bonchev–Trinajstić information content (AvgIpc) is 2.61. The van der Waals surface area contributed by atoms with Crippen LogP contribution in [0.1, 0.15) is 25.8 Å². The second-order valence-corrected chi connectivity index (χ2v) is 5.29. The molecule has 0 aliphatic carbocycles. The molecule has 0 aromatic heterocycles. The Labute approximate surface area is 115 Å². The summed E-state index contributed by atoms with van der Waals surface area (Å²) >= 11 is 0. The predicted octanol–water partition coefficient (Wildman–Crippen LogP) is 1.51. The van der Waals surface area contributed by atoms with Crippen LogP contribution in [-0.2, 0) is 11.3 Å². The molecule has 1 amide bonds. The standard InChI is InChI=1S/C15H23N3O/c1-12(2)17-10-13-6-3-4-7-14(13)18-9-5-8-16-15(19)11-18/h3-4,6-7,12,17H,5,8-11H2,1-2H3,(H,16,19). The number of benzene rings is 1. The van der Waals surface area contributed by atoms with Gasteiger partial charge in [0.05, 0.1) is 6.54 Å². The first kappa shape index (κ1) is 13.9. The van der Waals surface area contributed by atoms with E-state index >= 15 is 0 Å². The second-order valence-electron chi connectivity index (χ2n) is 5.29. The van der Waals surface area contributed by atoms with Gasteiger partial charge in [-0.3, -0.25) is 4.79 Å². The van der Waals surface area contributed by atoms with Gasteiger partial charge in [0.1, 0.15) is 0 Å². The van der Waals surface area contributed by atoms with Gasteiger partial charge in [-0.1, -0.05) is 32.0 Å². The molecule has 2 N–H and O–H groups in total. The van der Waals surface area contributed by atoms with Gasteiger partial charge in [-0.25, -0.2) is 0 Å². The zero-order valence-corrected chi connectivity index (χ0v) is 11.8. The Morgan fingerprint density at radius 2 is 2.16 bits per heavy atom. The predicted molar refractivity (Wildman–Crippen MR) is 78.3 cm³/mol. The Bertz CT molecular complexity index is 431. The van der Waals surface area contributed by atoms with Crippen LogP contribution in [0.25, 0.3) is 0 Å². The van der Waals surface area contributed by atoms with E-state index in [1.54, 1.807) is 0 Å². The van der Waals surface area contributed by atoms with Gasteiger partial charge in [0.15, 0.2) is 0 Å². The number of amides is 1. The summed E-state index contributed by atoms with van der Waals surface area (Å²) in [6.07, 6.45) is 0.998. The molecule has 4 heteroatoms. The molecule has 0 bridgehead atoms. The number of nitrogens with one attached hydrogen (secondary N) is 2. The highest BCUT2D eigenvalue weighted by Crippen LogP contribution is 2.21. The van der Waals surface area contributed by atoms with Crippen molar-refractivity contribution in [2.45, 2.75) is 32.9 Å². The molecule has 19 heavy (non-hydrogen) atoms. The fraction of sp³-hybridized carbons (Fsp3) is 0.533. The van der Waals surface area contributed by atoms with Gasteiger partial charge in [0, 0.05) is 31.4 Å². The van der Waals surface area contributed by atoms with Gasteiger partial charge in [0.25, 0.3) is 0 Å². The van der Waals surface area contributed by atoms with Gasteiger partial charge < -0.3 is 15.5 Å². The topological polar surface area (TPSA) is 44.4 Å². The monoisotopic (exact) mass is 261 g/mol. The van der Waals surface area contributed by atoms with Crippen molar-refractivity contribution in [1.29, 1.82) is 0 Å². The van der Waals surface area contributed by atoms with Crippen LogP contribution in [-0.4, -0.2) is 31.6 Å². The first-order chi connectivity index (χ1) is 9.16. The van der Waals surface area contributed by atoms with Crippen molar-refractivity contribution in [3.8, 4) is 0 Å². The first-order valence-corrected chi connectivity index (χ1v) is 7.00. The maximum Gasteiger partial charge on any atom is 0.239 e. The minimum absolute atomic E-state index is 0.115. The SMILES string of the molecule is CC(C)NCc1ccccc1N1CCCNC(=O)C1. The van der Waals surface area contributed by atoms with Crippen molar-refractivity contribution in [1.82, 2.24) is 10.6 Å². The minimum Gasteiger partial charge on any atom is -0.362 e. The maximum absolute atomic E-state index is 11.7. The molecule has 4 nitrogen and oxygen atoms in total. The number of rotatable bonds is 4. The van der Waals surface area contributed by atoms with Crippen LogP contribution < -0.4 is 15.5 Å². The average molecular weight is 261 g/mol. The van der Waals surface area contributed by atoms with Gasteiger partial charge in [-0.15, -0.1) is 0 Å². The molecule has 1 aromatic rings. The van der Waals surface area contributed by atoms with E-state index in [1.165, 1.54) is 11.3 Å². The number of carbonyl (C=O) groups excluding carboxylic acids is 1. The van der Waals surface area contributed by atoms with Crippen LogP contribution in [0.4, 0.5) is 5.69 Å². The Kier molecular flexibility index (Phi) is 4.80. The highest BCUT2D eigenvalue weighted by Gasteiger charge is 2.17. The number of nitrogens with zero attached hydrogens (tertiary/aromatic N) is 1. The number of carbonyl (C=O) groups is 1. The second kappa shape index (κ2) is 6.57. The molecule has 0 atom stereocenters. The molecule has 104 valence electrons. The van der Waals surface area contributed by atoms with Crippen molar-refractivity contribution < 1.29 is 4.79 Å². The van der Waals surface area contributed by atoms with E-state index in [0.717, 1.165) is 26.1 Å². The van der Waals surface area contributed by atoms with E-state index in [4.69, 9.17) is 0 Å². The summed E-state index contributed by atoms with van der Waals surface area (Å²) in [6, 6.07) is 8.79. The quantitative estimate of drug-likeness (QED) is 0.863. The summed E-state index contributed by atoms with van der Waals surface area (Å²) in [6.45, 7) is 7.29. The number of hydrogen-bond donors (Lipinski definition) is 2. The lowest BCUT2D eigenvalue weighted by Crippen LogP contribution is -2.34. The third-order valence-electron chi connectivity index (χ3n) is 3.29. The lowest BCUT2D eigenvalue weighted by Gasteiger charge is -2.24. The molecule has 1 aromatic carbocycles. The molecule has 2 rings (SSSR count). The molecule has 0 radical (unpaired) electrons. The normalized spacial score (nSPS) is 16.4. The van der Waals surface area contributed by atoms with Gasteiger partial charge >= 0.3 is 0 Å².